The van der Waals surface area contributed by atoms with Gasteiger partial charge >= 0.3 is 0 Å². The summed E-state index contributed by atoms with van der Waals surface area (Å²) in [7, 11) is 3.84. The van der Waals surface area contributed by atoms with Crippen LogP contribution in [0.1, 0.15) is 19.1 Å². The Hall–Kier alpha value is -3.06. The van der Waals surface area contributed by atoms with E-state index < -0.39 is 30.4 Å². The third-order valence-electron chi connectivity index (χ3n) is 6.46. The number of anilines is 1. The lowest BCUT2D eigenvalue weighted by molar-refractivity contribution is -0.138. The quantitative estimate of drug-likeness (QED) is 0.396. The van der Waals surface area contributed by atoms with Crippen LogP contribution in [0.4, 0.5) is 5.82 Å². The number of nitrogen functional groups attached to an aromatic ring is 1. The van der Waals surface area contributed by atoms with Crippen LogP contribution in [-0.2, 0) is 16.6 Å². The molecule has 0 saturated carbocycles. The summed E-state index contributed by atoms with van der Waals surface area (Å²) in [4.78, 5) is 23.5. The van der Waals surface area contributed by atoms with Gasteiger partial charge in [0.05, 0.1) is 11.1 Å². The van der Waals surface area contributed by atoms with Crippen LogP contribution in [0.25, 0.3) is 22.3 Å². The van der Waals surface area contributed by atoms with Crippen LogP contribution in [-0.4, -0.2) is 89.8 Å². The van der Waals surface area contributed by atoms with E-state index in [0.29, 0.717) is 22.3 Å². The molecule has 0 unspecified atom stereocenters. The van der Waals surface area contributed by atoms with Crippen molar-refractivity contribution in [3.05, 3.63) is 24.8 Å². The molecular formula is C21H28N8O4. The number of piperidine rings is 1. The molecule has 2 fully saturated rings. The highest BCUT2D eigenvalue weighted by molar-refractivity contribution is 5.99. The minimum atomic E-state index is -1.39. The number of likely N-dealkylation sites (tertiary alicyclic amines) is 1. The van der Waals surface area contributed by atoms with Crippen molar-refractivity contribution in [2.75, 3.05) is 25.9 Å². The molecule has 2 aliphatic rings. The smallest absolute Gasteiger partial charge is 0.252 e. The Morgan fingerprint density at radius 3 is 2.67 bits per heavy atom. The summed E-state index contributed by atoms with van der Waals surface area (Å²) in [6.07, 6.45) is 1.48. The molecule has 2 saturated heterocycles. The van der Waals surface area contributed by atoms with Crippen molar-refractivity contribution in [3.8, 4) is 11.3 Å². The van der Waals surface area contributed by atoms with E-state index in [9.17, 15) is 15.0 Å². The third-order valence-corrected chi connectivity index (χ3v) is 6.46. The van der Waals surface area contributed by atoms with E-state index in [2.05, 4.69) is 25.3 Å². The number of carbonyl (C=O) groups is 1. The second kappa shape index (κ2) is 8.37. The molecule has 0 aliphatic carbocycles. The Morgan fingerprint density at radius 2 is 1.97 bits per heavy atom. The van der Waals surface area contributed by atoms with Crippen molar-refractivity contribution < 1.29 is 19.7 Å². The Balaban J connectivity index is 1.44. The van der Waals surface area contributed by atoms with Crippen LogP contribution in [0.3, 0.4) is 0 Å². The first-order chi connectivity index (χ1) is 15.8. The molecule has 0 radical (unpaired) electrons. The number of hydrogen-bond acceptors (Lipinski definition) is 9. The van der Waals surface area contributed by atoms with Gasteiger partial charge < -0.3 is 35.5 Å². The fraction of sp³-hybridized carbons (Fsp3) is 0.524. The summed E-state index contributed by atoms with van der Waals surface area (Å²) in [6, 6.07) is 1.83. The van der Waals surface area contributed by atoms with Crippen molar-refractivity contribution in [2.45, 2.75) is 43.4 Å². The molecule has 33 heavy (non-hydrogen) atoms. The highest BCUT2D eigenvalue weighted by atomic mass is 16.6. The first-order valence-corrected chi connectivity index (χ1v) is 10.9. The van der Waals surface area contributed by atoms with Crippen molar-refractivity contribution in [1.82, 2.24) is 34.5 Å². The van der Waals surface area contributed by atoms with E-state index >= 15 is 0 Å². The third kappa shape index (κ3) is 3.84. The highest BCUT2D eigenvalue weighted by Gasteiger charge is 2.48. The average Bonchev–Trinajstić information content (AvgIpc) is 3.47. The Kier molecular flexibility index (Phi) is 5.52. The highest BCUT2D eigenvalue weighted by Crippen LogP contribution is 2.38. The lowest BCUT2D eigenvalue weighted by Crippen LogP contribution is -2.49. The van der Waals surface area contributed by atoms with Crippen LogP contribution in [0.5, 0.6) is 0 Å². The number of aryl methyl sites for hydroxylation is 1. The van der Waals surface area contributed by atoms with Crippen LogP contribution in [0, 0.1) is 0 Å². The fourth-order valence-electron chi connectivity index (χ4n) is 4.60. The lowest BCUT2D eigenvalue weighted by Gasteiger charge is -2.30. The van der Waals surface area contributed by atoms with Gasteiger partial charge in [-0.3, -0.25) is 9.48 Å². The summed E-state index contributed by atoms with van der Waals surface area (Å²) in [5, 5.41) is 29.4. The standard InChI is InChI=1S/C21H28N8O4/c1-27-6-3-11(4-7-27)25-20(32)17-15(30)16(31)21(33-17)29-9-12(13-5-8-28(2)26-13)14-18(22)23-10-24-19(14)29/h5,8-11,15-17,21,30-31H,3-4,6-7H2,1-2H3,(H,25,32)(H2,22,23,24)/t15-,16+,17-,21+/m0/s1. The predicted octanol–water partition coefficient (Wildman–Crippen LogP) is -0.756. The molecular weight excluding hydrogens is 428 g/mol. The van der Waals surface area contributed by atoms with Gasteiger partial charge in [-0.25, -0.2) is 9.97 Å². The van der Waals surface area contributed by atoms with E-state index in [4.69, 9.17) is 10.5 Å². The van der Waals surface area contributed by atoms with Gasteiger partial charge in [-0.1, -0.05) is 0 Å². The molecule has 4 atom stereocenters. The van der Waals surface area contributed by atoms with Gasteiger partial charge in [0.25, 0.3) is 5.91 Å². The number of aliphatic hydroxyl groups excluding tert-OH is 2. The Labute approximate surface area is 190 Å². The molecule has 176 valence electrons. The molecule has 5 heterocycles. The molecule has 5 N–H and O–H groups in total. The van der Waals surface area contributed by atoms with Crippen molar-refractivity contribution >= 4 is 22.8 Å². The predicted molar refractivity (Wildman–Crippen MR) is 119 cm³/mol. The maximum Gasteiger partial charge on any atom is 0.252 e. The van der Waals surface area contributed by atoms with Crippen LogP contribution in [0.15, 0.2) is 24.8 Å². The van der Waals surface area contributed by atoms with Crippen molar-refractivity contribution in [1.29, 1.82) is 0 Å². The SMILES string of the molecule is CN1CCC(NC(=O)[C@H]2O[C@@H](n3cc(-c4ccn(C)n4)c4c(N)ncnc43)[C@H](O)[C@@H]2O)CC1. The average molecular weight is 457 g/mol. The number of nitrogens with zero attached hydrogens (tertiary/aromatic N) is 6. The number of fused-ring (bicyclic) bond motifs is 1. The number of aliphatic hydroxyl groups is 2. The van der Waals surface area contributed by atoms with Gasteiger partial charge in [-0.05, 0) is 39.0 Å². The monoisotopic (exact) mass is 456 g/mol. The van der Waals surface area contributed by atoms with Gasteiger partial charge in [0.15, 0.2) is 12.3 Å². The van der Waals surface area contributed by atoms with E-state index in [0.717, 1.165) is 25.9 Å². The number of hydrogen-bond donors (Lipinski definition) is 4. The minimum absolute atomic E-state index is 0.0106. The van der Waals surface area contributed by atoms with E-state index in [1.807, 2.05) is 13.1 Å². The van der Waals surface area contributed by atoms with Gasteiger partial charge in [0.2, 0.25) is 0 Å². The topological polar surface area (TPSA) is 157 Å². The molecule has 0 bridgehead atoms. The summed E-state index contributed by atoms with van der Waals surface area (Å²) in [5.41, 5.74) is 7.86. The van der Waals surface area contributed by atoms with E-state index in [1.165, 1.54) is 6.33 Å². The van der Waals surface area contributed by atoms with Gasteiger partial charge in [0, 0.05) is 31.0 Å². The number of ether oxygens (including phenoxy) is 1. The van der Waals surface area contributed by atoms with Gasteiger partial charge in [0.1, 0.15) is 30.0 Å². The molecule has 0 aromatic carbocycles. The summed E-state index contributed by atoms with van der Waals surface area (Å²) in [5.74, 6) is -0.182. The largest absolute Gasteiger partial charge is 0.387 e. The molecule has 12 nitrogen and oxygen atoms in total. The number of rotatable bonds is 4. The number of aromatic nitrogens is 5. The fourth-order valence-corrected chi connectivity index (χ4v) is 4.60. The number of nitrogens with two attached hydrogens (primary N) is 1. The lowest BCUT2D eigenvalue weighted by atomic mass is 10.0. The van der Waals surface area contributed by atoms with Gasteiger partial charge in [-0.15, -0.1) is 0 Å². The number of nitrogens with one attached hydrogen (secondary N) is 1. The summed E-state index contributed by atoms with van der Waals surface area (Å²) < 4.78 is 9.15. The maximum atomic E-state index is 12.9. The second-order valence-corrected chi connectivity index (χ2v) is 8.80. The van der Waals surface area contributed by atoms with Crippen LogP contribution >= 0.6 is 0 Å². The van der Waals surface area contributed by atoms with Crippen LogP contribution < -0.4 is 11.1 Å². The molecule has 1 amide bonds. The zero-order chi connectivity index (χ0) is 23.3. The van der Waals surface area contributed by atoms with E-state index in [1.54, 1.807) is 28.7 Å². The number of amides is 1. The summed E-state index contributed by atoms with van der Waals surface area (Å²) in [6.45, 7) is 1.77. The first kappa shape index (κ1) is 21.8. The summed E-state index contributed by atoms with van der Waals surface area (Å²) >= 11 is 0. The van der Waals surface area contributed by atoms with Crippen LogP contribution in [0.2, 0.25) is 0 Å². The van der Waals surface area contributed by atoms with Crippen molar-refractivity contribution in [3.63, 3.8) is 0 Å². The molecule has 0 spiro atoms. The van der Waals surface area contributed by atoms with Gasteiger partial charge in [-0.2, -0.15) is 5.10 Å². The van der Waals surface area contributed by atoms with E-state index in [-0.39, 0.29) is 11.9 Å². The zero-order valence-corrected chi connectivity index (χ0v) is 18.5. The molecule has 3 aromatic rings. The number of carbonyl (C=O) groups excluding carboxylic acids is 1. The first-order valence-electron chi connectivity index (χ1n) is 10.9. The minimum Gasteiger partial charge on any atom is -0.387 e. The Morgan fingerprint density at radius 1 is 1.21 bits per heavy atom. The second-order valence-electron chi connectivity index (χ2n) is 8.80. The van der Waals surface area contributed by atoms with Crippen molar-refractivity contribution in [2.24, 2.45) is 7.05 Å². The molecule has 12 heteroatoms. The molecule has 5 rings (SSSR count). The zero-order valence-electron chi connectivity index (χ0n) is 18.5. The molecule has 2 aliphatic heterocycles. The maximum absolute atomic E-state index is 12.9. The normalized spacial score (nSPS) is 26.8. The molecule has 3 aromatic heterocycles. The Bertz CT molecular complexity index is 1170.